The van der Waals surface area contributed by atoms with Crippen molar-refractivity contribution in [1.29, 1.82) is 0 Å². The maximum absolute atomic E-state index is 11.5. The fraction of sp³-hybridized carbons (Fsp3) is 0.0625. The first kappa shape index (κ1) is 19.5. The SMILES string of the molecule is COc1ccc(Cl)cc1-c1nc(S/C(=C\c2ccc([N+](=O)[O-])o2)C(=O)O)n[nH]1. The zero-order valence-corrected chi connectivity index (χ0v) is 15.7. The van der Waals surface area contributed by atoms with Gasteiger partial charge in [-0.15, -0.1) is 5.10 Å². The Morgan fingerprint density at radius 1 is 1.43 bits per heavy atom. The van der Waals surface area contributed by atoms with Gasteiger partial charge in [0, 0.05) is 11.1 Å². The van der Waals surface area contributed by atoms with Crippen LogP contribution in [0.15, 0.2) is 44.8 Å². The number of nitrogens with one attached hydrogen (secondary N) is 1. The Bertz CT molecular complexity index is 1080. The first-order chi connectivity index (χ1) is 13.4. The van der Waals surface area contributed by atoms with Crippen molar-refractivity contribution < 1.29 is 24.0 Å². The van der Waals surface area contributed by atoms with Crippen LogP contribution in [0.5, 0.6) is 5.75 Å². The highest BCUT2D eigenvalue weighted by atomic mass is 35.5. The number of thioether (sulfide) groups is 1. The summed E-state index contributed by atoms with van der Waals surface area (Å²) < 4.78 is 10.2. The number of rotatable bonds is 7. The van der Waals surface area contributed by atoms with E-state index in [2.05, 4.69) is 15.2 Å². The molecule has 0 saturated heterocycles. The molecule has 0 aliphatic carbocycles. The molecule has 2 N–H and O–H groups in total. The van der Waals surface area contributed by atoms with Crippen molar-refractivity contribution >= 4 is 41.3 Å². The Balaban J connectivity index is 1.87. The number of ether oxygens (including phenoxy) is 1. The number of aromatic amines is 1. The molecule has 12 heteroatoms. The average Bonchev–Trinajstić information content (AvgIpc) is 3.30. The molecule has 28 heavy (non-hydrogen) atoms. The Morgan fingerprint density at radius 3 is 2.86 bits per heavy atom. The summed E-state index contributed by atoms with van der Waals surface area (Å²) in [4.78, 5) is 25.5. The number of carboxylic acids is 1. The van der Waals surface area contributed by atoms with Gasteiger partial charge in [0.1, 0.15) is 21.3 Å². The summed E-state index contributed by atoms with van der Waals surface area (Å²) in [6, 6.07) is 7.38. The number of hydrogen-bond donors (Lipinski definition) is 2. The lowest BCUT2D eigenvalue weighted by atomic mass is 10.2. The summed E-state index contributed by atoms with van der Waals surface area (Å²) in [5, 5.41) is 27.3. The number of H-pyrrole nitrogens is 1. The highest BCUT2D eigenvalue weighted by molar-refractivity contribution is 8.04. The van der Waals surface area contributed by atoms with Gasteiger partial charge in [0.2, 0.25) is 5.16 Å². The molecular weight excluding hydrogens is 412 g/mol. The molecule has 0 bridgehead atoms. The summed E-state index contributed by atoms with van der Waals surface area (Å²) in [7, 11) is 1.49. The minimum atomic E-state index is -1.27. The van der Waals surface area contributed by atoms with Crippen molar-refractivity contribution in [2.75, 3.05) is 7.11 Å². The smallest absolute Gasteiger partial charge is 0.433 e. The first-order valence-corrected chi connectivity index (χ1v) is 8.70. The van der Waals surface area contributed by atoms with Crippen LogP contribution < -0.4 is 4.74 Å². The molecule has 0 aliphatic rings. The van der Waals surface area contributed by atoms with Crippen molar-refractivity contribution in [2.45, 2.75) is 5.16 Å². The zero-order valence-electron chi connectivity index (χ0n) is 14.1. The van der Waals surface area contributed by atoms with E-state index < -0.39 is 16.8 Å². The molecule has 0 unspecified atom stereocenters. The molecule has 144 valence electrons. The standard InChI is InChI=1S/C16H11ClN4O6S/c1-26-11-4-2-8(17)6-10(11)14-18-16(20-19-14)28-12(15(22)23)7-9-3-5-13(27-9)21(24)25/h2-7H,1H3,(H,22,23)(H,18,19,20)/b12-7-. The average molecular weight is 423 g/mol. The summed E-state index contributed by atoms with van der Waals surface area (Å²) >= 11 is 6.75. The maximum Gasteiger partial charge on any atom is 0.433 e. The van der Waals surface area contributed by atoms with Crippen LogP contribution in [0.1, 0.15) is 5.76 Å². The van der Waals surface area contributed by atoms with Gasteiger partial charge < -0.3 is 14.3 Å². The second kappa shape index (κ2) is 8.15. The monoisotopic (exact) mass is 422 g/mol. The molecule has 0 atom stereocenters. The van der Waals surface area contributed by atoms with E-state index in [-0.39, 0.29) is 15.8 Å². The van der Waals surface area contributed by atoms with Gasteiger partial charge in [0.05, 0.1) is 18.7 Å². The number of halogens is 1. The van der Waals surface area contributed by atoms with Gasteiger partial charge in [-0.05, 0) is 36.0 Å². The number of carboxylic acid groups (broad SMARTS) is 1. The predicted octanol–water partition coefficient (Wildman–Crippen LogP) is 3.85. The molecule has 0 saturated carbocycles. The highest BCUT2D eigenvalue weighted by Gasteiger charge is 2.18. The Morgan fingerprint density at radius 2 is 2.21 bits per heavy atom. The van der Waals surface area contributed by atoms with Crippen LogP contribution in [-0.2, 0) is 4.79 Å². The third kappa shape index (κ3) is 4.32. The van der Waals surface area contributed by atoms with Crippen molar-refractivity contribution in [3.8, 4) is 17.1 Å². The maximum atomic E-state index is 11.5. The number of aromatic nitrogens is 3. The van der Waals surface area contributed by atoms with Crippen LogP contribution >= 0.6 is 23.4 Å². The summed E-state index contributed by atoms with van der Waals surface area (Å²) in [6.45, 7) is 0. The van der Waals surface area contributed by atoms with Crippen LogP contribution in [0, 0.1) is 10.1 Å². The number of carbonyl (C=O) groups is 1. The van der Waals surface area contributed by atoms with Gasteiger partial charge in [-0.3, -0.25) is 15.2 Å². The van der Waals surface area contributed by atoms with E-state index in [1.54, 1.807) is 18.2 Å². The minimum Gasteiger partial charge on any atom is -0.496 e. The molecule has 0 radical (unpaired) electrons. The predicted molar refractivity (Wildman–Crippen MR) is 100 cm³/mol. The van der Waals surface area contributed by atoms with Crippen LogP contribution in [-0.4, -0.2) is 38.3 Å². The normalized spacial score (nSPS) is 11.4. The summed E-state index contributed by atoms with van der Waals surface area (Å²) in [5.74, 6) is -0.900. The lowest BCUT2D eigenvalue weighted by Gasteiger charge is -2.05. The van der Waals surface area contributed by atoms with E-state index in [1.807, 2.05) is 0 Å². The third-order valence-electron chi connectivity index (χ3n) is 3.36. The topological polar surface area (TPSA) is 144 Å². The van der Waals surface area contributed by atoms with Crippen molar-refractivity contribution in [3.63, 3.8) is 0 Å². The number of nitro groups is 1. The van der Waals surface area contributed by atoms with Crippen molar-refractivity contribution in [3.05, 3.63) is 56.1 Å². The first-order valence-electron chi connectivity index (χ1n) is 7.50. The zero-order chi connectivity index (χ0) is 20.3. The van der Waals surface area contributed by atoms with E-state index in [0.29, 0.717) is 22.2 Å². The molecule has 0 aliphatic heterocycles. The fourth-order valence-corrected chi connectivity index (χ4v) is 3.02. The number of furan rings is 1. The number of methoxy groups -OCH3 is 1. The summed E-state index contributed by atoms with van der Waals surface area (Å²) in [5.41, 5.74) is 0.553. The molecule has 10 nitrogen and oxygen atoms in total. The van der Waals surface area contributed by atoms with Crippen LogP contribution in [0.2, 0.25) is 5.02 Å². The second-order valence-electron chi connectivity index (χ2n) is 5.16. The molecule has 1 aromatic carbocycles. The van der Waals surface area contributed by atoms with Gasteiger partial charge in [0.15, 0.2) is 5.82 Å². The van der Waals surface area contributed by atoms with E-state index in [0.717, 1.165) is 23.9 Å². The number of benzene rings is 1. The van der Waals surface area contributed by atoms with Gasteiger partial charge in [-0.1, -0.05) is 11.6 Å². The Labute approximate surface area is 166 Å². The molecule has 2 aromatic heterocycles. The molecule has 3 rings (SSSR count). The molecule has 0 fully saturated rings. The molecule has 3 aromatic rings. The Hall–Kier alpha value is -3.31. The van der Waals surface area contributed by atoms with Crippen molar-refractivity contribution in [1.82, 2.24) is 15.2 Å². The number of aliphatic carboxylic acids is 1. The third-order valence-corrected chi connectivity index (χ3v) is 4.47. The van der Waals surface area contributed by atoms with Gasteiger partial charge in [-0.2, -0.15) is 0 Å². The highest BCUT2D eigenvalue weighted by Crippen LogP contribution is 2.33. The lowest BCUT2D eigenvalue weighted by molar-refractivity contribution is -0.402. The van der Waals surface area contributed by atoms with Gasteiger partial charge >= 0.3 is 11.9 Å². The number of nitrogens with zero attached hydrogens (tertiary/aromatic N) is 3. The fourth-order valence-electron chi connectivity index (χ4n) is 2.16. The van der Waals surface area contributed by atoms with E-state index in [4.69, 9.17) is 20.8 Å². The number of hydrogen-bond acceptors (Lipinski definition) is 8. The minimum absolute atomic E-state index is 0.0175. The van der Waals surface area contributed by atoms with Crippen LogP contribution in [0.3, 0.4) is 0 Å². The largest absolute Gasteiger partial charge is 0.496 e. The summed E-state index contributed by atoms with van der Waals surface area (Å²) in [6.07, 6.45) is 1.15. The molecule has 0 amide bonds. The van der Waals surface area contributed by atoms with Crippen LogP contribution in [0.25, 0.3) is 17.5 Å². The molecular formula is C16H11ClN4O6S. The van der Waals surface area contributed by atoms with E-state index in [9.17, 15) is 20.0 Å². The van der Waals surface area contributed by atoms with Crippen LogP contribution in [0.4, 0.5) is 5.88 Å². The molecule has 0 spiro atoms. The lowest BCUT2D eigenvalue weighted by Crippen LogP contribution is -1.97. The van der Waals surface area contributed by atoms with Crippen molar-refractivity contribution in [2.24, 2.45) is 0 Å². The van der Waals surface area contributed by atoms with E-state index >= 15 is 0 Å². The van der Waals surface area contributed by atoms with E-state index in [1.165, 1.54) is 13.2 Å². The van der Waals surface area contributed by atoms with Gasteiger partial charge in [0.25, 0.3) is 0 Å². The molecule has 2 heterocycles. The quantitative estimate of drug-likeness (QED) is 0.251. The van der Waals surface area contributed by atoms with Gasteiger partial charge in [-0.25, -0.2) is 9.78 Å². The second-order valence-corrected chi connectivity index (χ2v) is 6.61. The Kier molecular flexibility index (Phi) is 5.66.